The molecule has 1 aromatic heterocycles. The molecule has 4 nitrogen and oxygen atoms in total. The second kappa shape index (κ2) is 5.75. The molecule has 0 unspecified atom stereocenters. The molecule has 0 aliphatic heterocycles. The molecule has 1 heterocycles. The normalized spacial score (nSPS) is 11.5. The molecule has 2 aromatic rings. The second-order valence-corrected chi connectivity index (χ2v) is 6.69. The first kappa shape index (κ1) is 15.9. The predicted octanol–water partition coefficient (Wildman–Crippen LogP) is 3.70. The van der Waals surface area contributed by atoms with Gasteiger partial charge in [-0.1, -0.05) is 32.9 Å². The van der Waals surface area contributed by atoms with Gasteiger partial charge in [0.1, 0.15) is 11.5 Å². The van der Waals surface area contributed by atoms with E-state index in [9.17, 15) is 9.18 Å². The summed E-state index contributed by atoms with van der Waals surface area (Å²) >= 11 is 2.06. The lowest BCUT2D eigenvalue weighted by atomic mass is 9.91. The minimum absolute atomic E-state index is 0.200. The van der Waals surface area contributed by atoms with Crippen LogP contribution in [0.3, 0.4) is 0 Å². The summed E-state index contributed by atoms with van der Waals surface area (Å²) in [4.78, 5) is 11.8. The lowest BCUT2D eigenvalue weighted by Gasteiger charge is -2.21. The summed E-state index contributed by atoms with van der Waals surface area (Å²) in [6.45, 7) is 5.97. The van der Waals surface area contributed by atoms with Crippen LogP contribution in [-0.2, 0) is 10.2 Å². The van der Waals surface area contributed by atoms with Crippen molar-refractivity contribution >= 4 is 28.6 Å². The van der Waals surface area contributed by atoms with Crippen LogP contribution in [0, 0.1) is 9.39 Å². The molecule has 2 rings (SSSR count). The van der Waals surface area contributed by atoms with Gasteiger partial charge in [-0.2, -0.15) is 5.10 Å². The lowest BCUT2D eigenvalue weighted by Crippen LogP contribution is -2.19. The standard InChI is InChI=1S/C15H16FIN2O2/c1-15(2,3)13-11(17)12(14(20)21-4)18-19(13)10-8-6-5-7-9(10)16/h5-8H,1-4H3. The van der Waals surface area contributed by atoms with E-state index in [1.54, 1.807) is 18.2 Å². The zero-order valence-corrected chi connectivity index (χ0v) is 14.4. The number of carbonyl (C=O) groups is 1. The summed E-state index contributed by atoms with van der Waals surface area (Å²) in [5, 5.41) is 4.27. The van der Waals surface area contributed by atoms with Gasteiger partial charge < -0.3 is 4.74 Å². The molecule has 1 aromatic carbocycles. The summed E-state index contributed by atoms with van der Waals surface area (Å²) in [7, 11) is 1.30. The molecule has 0 amide bonds. The average Bonchev–Trinajstić information content (AvgIpc) is 2.75. The van der Waals surface area contributed by atoms with E-state index in [4.69, 9.17) is 4.74 Å². The Morgan fingerprint density at radius 1 is 1.33 bits per heavy atom. The van der Waals surface area contributed by atoms with E-state index in [0.29, 0.717) is 9.26 Å². The highest BCUT2D eigenvalue weighted by Gasteiger charge is 2.30. The van der Waals surface area contributed by atoms with E-state index in [2.05, 4.69) is 27.7 Å². The Kier molecular flexibility index (Phi) is 4.36. The summed E-state index contributed by atoms with van der Waals surface area (Å²) in [6, 6.07) is 6.35. The van der Waals surface area contributed by atoms with Crippen molar-refractivity contribution in [3.63, 3.8) is 0 Å². The van der Waals surface area contributed by atoms with Crippen LogP contribution in [0.25, 0.3) is 5.69 Å². The molecule has 6 heteroatoms. The van der Waals surface area contributed by atoms with Gasteiger partial charge >= 0.3 is 5.97 Å². The molecule has 0 bridgehead atoms. The molecule has 21 heavy (non-hydrogen) atoms. The van der Waals surface area contributed by atoms with Crippen molar-refractivity contribution in [3.8, 4) is 5.69 Å². The maximum atomic E-state index is 14.1. The molecule has 0 aliphatic rings. The van der Waals surface area contributed by atoms with Crippen molar-refractivity contribution in [1.29, 1.82) is 0 Å². The molecule has 0 fully saturated rings. The third kappa shape index (κ3) is 2.95. The fourth-order valence-corrected chi connectivity index (χ4v) is 3.44. The summed E-state index contributed by atoms with van der Waals surface area (Å²) in [5.41, 5.74) is 0.980. The van der Waals surface area contributed by atoms with E-state index in [1.165, 1.54) is 17.9 Å². The zero-order valence-electron chi connectivity index (χ0n) is 12.3. The number of benzene rings is 1. The number of esters is 1. The van der Waals surface area contributed by atoms with Crippen LogP contribution in [0.15, 0.2) is 24.3 Å². The second-order valence-electron chi connectivity index (χ2n) is 5.62. The number of aromatic nitrogens is 2. The number of methoxy groups -OCH3 is 1. The van der Waals surface area contributed by atoms with Crippen molar-refractivity contribution in [2.24, 2.45) is 0 Å². The predicted molar refractivity (Wildman–Crippen MR) is 86.3 cm³/mol. The minimum atomic E-state index is -0.528. The number of rotatable bonds is 2. The highest BCUT2D eigenvalue weighted by molar-refractivity contribution is 14.1. The highest BCUT2D eigenvalue weighted by Crippen LogP contribution is 2.32. The summed E-state index contributed by atoms with van der Waals surface area (Å²) < 4.78 is 21.0. The third-order valence-corrected chi connectivity index (χ3v) is 4.02. The molecule has 0 radical (unpaired) electrons. The first-order valence-corrected chi connectivity index (χ1v) is 7.47. The van der Waals surface area contributed by atoms with Gasteiger partial charge in [0.2, 0.25) is 0 Å². The Balaban J connectivity index is 2.77. The van der Waals surface area contributed by atoms with Gasteiger partial charge in [0.25, 0.3) is 0 Å². The van der Waals surface area contributed by atoms with E-state index < -0.39 is 11.8 Å². The molecular weight excluding hydrogens is 386 g/mol. The van der Waals surface area contributed by atoms with E-state index in [1.807, 2.05) is 20.8 Å². The third-order valence-electron chi connectivity index (χ3n) is 3.00. The smallest absolute Gasteiger partial charge is 0.359 e. The van der Waals surface area contributed by atoms with E-state index in [0.717, 1.165) is 5.69 Å². The number of ether oxygens (including phenoxy) is 1. The lowest BCUT2D eigenvalue weighted by molar-refractivity contribution is 0.0592. The van der Waals surface area contributed by atoms with Gasteiger partial charge in [0.05, 0.1) is 16.4 Å². The monoisotopic (exact) mass is 402 g/mol. The fourth-order valence-electron chi connectivity index (χ4n) is 2.07. The topological polar surface area (TPSA) is 44.1 Å². The Bertz CT molecular complexity index is 689. The largest absolute Gasteiger partial charge is 0.464 e. The van der Waals surface area contributed by atoms with Crippen molar-refractivity contribution in [3.05, 3.63) is 45.0 Å². The van der Waals surface area contributed by atoms with Gasteiger partial charge in [-0.25, -0.2) is 13.9 Å². The quantitative estimate of drug-likeness (QED) is 0.569. The van der Waals surface area contributed by atoms with Crippen molar-refractivity contribution < 1.29 is 13.9 Å². The Labute approximate surface area is 136 Å². The van der Waals surface area contributed by atoms with Crippen molar-refractivity contribution in [2.45, 2.75) is 26.2 Å². The molecule has 0 atom stereocenters. The summed E-state index contributed by atoms with van der Waals surface area (Å²) in [6.07, 6.45) is 0. The molecular formula is C15H16FIN2O2. The zero-order chi connectivity index (χ0) is 15.8. The maximum absolute atomic E-state index is 14.1. The average molecular weight is 402 g/mol. The number of nitrogens with zero attached hydrogens (tertiary/aromatic N) is 2. The van der Waals surface area contributed by atoms with Gasteiger partial charge in [-0.05, 0) is 34.7 Å². The van der Waals surface area contributed by atoms with Crippen LogP contribution < -0.4 is 0 Å². The fraction of sp³-hybridized carbons (Fsp3) is 0.333. The molecule has 0 spiro atoms. The van der Waals surface area contributed by atoms with Crippen LogP contribution in [-0.4, -0.2) is 22.9 Å². The number of carbonyl (C=O) groups excluding carboxylic acids is 1. The van der Waals surface area contributed by atoms with Gasteiger partial charge in [-0.3, -0.25) is 0 Å². The SMILES string of the molecule is COC(=O)c1nn(-c2ccccc2F)c(C(C)(C)C)c1I. The number of halogens is 2. The molecule has 0 saturated carbocycles. The molecule has 0 saturated heterocycles. The first-order valence-electron chi connectivity index (χ1n) is 6.39. The highest BCUT2D eigenvalue weighted by atomic mass is 127. The maximum Gasteiger partial charge on any atom is 0.359 e. The molecule has 0 aliphatic carbocycles. The van der Waals surface area contributed by atoms with Crippen molar-refractivity contribution in [2.75, 3.05) is 7.11 Å². The van der Waals surface area contributed by atoms with Crippen LogP contribution in [0.1, 0.15) is 37.0 Å². The van der Waals surface area contributed by atoms with E-state index in [-0.39, 0.29) is 11.1 Å². The Hall–Kier alpha value is -1.44. The first-order chi connectivity index (χ1) is 9.77. The molecule has 112 valence electrons. The van der Waals surface area contributed by atoms with Crippen LogP contribution in [0.4, 0.5) is 4.39 Å². The number of para-hydroxylation sites is 1. The van der Waals surface area contributed by atoms with Crippen LogP contribution in [0.5, 0.6) is 0 Å². The van der Waals surface area contributed by atoms with Crippen LogP contribution in [0.2, 0.25) is 0 Å². The van der Waals surface area contributed by atoms with E-state index >= 15 is 0 Å². The molecule has 0 N–H and O–H groups in total. The number of hydrogen-bond acceptors (Lipinski definition) is 3. The van der Waals surface area contributed by atoms with Gasteiger partial charge in [-0.15, -0.1) is 0 Å². The Morgan fingerprint density at radius 3 is 2.48 bits per heavy atom. The van der Waals surface area contributed by atoms with Gasteiger partial charge in [0.15, 0.2) is 5.69 Å². The summed E-state index contributed by atoms with van der Waals surface area (Å²) in [5.74, 6) is -0.918. The van der Waals surface area contributed by atoms with Gasteiger partial charge in [0, 0.05) is 5.41 Å². The van der Waals surface area contributed by atoms with Crippen LogP contribution >= 0.6 is 22.6 Å². The number of hydrogen-bond donors (Lipinski definition) is 0. The minimum Gasteiger partial charge on any atom is -0.464 e. The van der Waals surface area contributed by atoms with Crippen molar-refractivity contribution in [1.82, 2.24) is 9.78 Å². The Morgan fingerprint density at radius 2 is 1.95 bits per heavy atom.